The van der Waals surface area contributed by atoms with E-state index in [0.717, 1.165) is 44.9 Å². The highest BCUT2D eigenvalue weighted by Gasteiger charge is 2.40. The predicted octanol–water partition coefficient (Wildman–Crippen LogP) is 2.81. The Morgan fingerprint density at radius 3 is 1.89 bits per heavy atom. The van der Waals surface area contributed by atoms with E-state index in [2.05, 4.69) is 0 Å². The third-order valence-electron chi connectivity index (χ3n) is 6.33. The first-order chi connectivity index (χ1) is 12.9. The minimum atomic E-state index is -3.59. The van der Waals surface area contributed by atoms with Gasteiger partial charge in [0, 0.05) is 25.7 Å². The van der Waals surface area contributed by atoms with Crippen LogP contribution in [-0.2, 0) is 20.0 Å². The monoisotopic (exact) mass is 412 g/mol. The molecule has 2 atom stereocenters. The zero-order chi connectivity index (χ0) is 19.1. The van der Waals surface area contributed by atoms with Crippen LogP contribution in [0.3, 0.4) is 0 Å². The van der Waals surface area contributed by atoms with Crippen LogP contribution in [0.2, 0.25) is 0 Å². The topological polar surface area (TPSA) is 74.8 Å². The predicted molar refractivity (Wildman–Crippen MR) is 103 cm³/mol. The molecule has 2 saturated heterocycles. The Morgan fingerprint density at radius 1 is 0.667 bits per heavy atom. The number of fused-ring (bicyclic) bond motifs is 1. The molecule has 0 N–H and O–H groups in total. The second-order valence-corrected chi connectivity index (χ2v) is 11.8. The van der Waals surface area contributed by atoms with Gasteiger partial charge in [-0.3, -0.25) is 0 Å². The SMILES string of the molecule is O=S(=O)(c1ccc(S(=O)(=O)N2CCC[C@H]3CCCC[C@@H]32)cc1)N1CCCC1. The van der Waals surface area contributed by atoms with E-state index in [9.17, 15) is 16.8 Å². The summed E-state index contributed by atoms with van der Waals surface area (Å²) in [5.41, 5.74) is 0. The molecule has 8 heteroatoms. The largest absolute Gasteiger partial charge is 0.243 e. The highest BCUT2D eigenvalue weighted by atomic mass is 32.2. The van der Waals surface area contributed by atoms with Crippen LogP contribution in [0.5, 0.6) is 0 Å². The maximum absolute atomic E-state index is 13.2. The number of hydrogen-bond acceptors (Lipinski definition) is 4. The Hall–Kier alpha value is -0.960. The summed E-state index contributed by atoms with van der Waals surface area (Å²) in [6.45, 7) is 1.65. The van der Waals surface area contributed by atoms with Crippen LogP contribution < -0.4 is 0 Å². The number of benzene rings is 1. The lowest BCUT2D eigenvalue weighted by Crippen LogP contribution is -2.49. The van der Waals surface area contributed by atoms with Crippen molar-refractivity contribution in [2.24, 2.45) is 5.92 Å². The fourth-order valence-electron chi connectivity index (χ4n) is 4.87. The number of sulfonamides is 2. The Kier molecular flexibility index (Phi) is 5.35. The van der Waals surface area contributed by atoms with E-state index in [0.29, 0.717) is 25.6 Å². The van der Waals surface area contributed by atoms with Crippen LogP contribution in [0.1, 0.15) is 51.4 Å². The third kappa shape index (κ3) is 3.57. The maximum atomic E-state index is 13.2. The Balaban J connectivity index is 1.59. The molecule has 2 heterocycles. The molecule has 0 unspecified atom stereocenters. The van der Waals surface area contributed by atoms with Crippen molar-refractivity contribution in [1.29, 1.82) is 0 Å². The van der Waals surface area contributed by atoms with Crippen molar-refractivity contribution in [3.8, 4) is 0 Å². The van der Waals surface area contributed by atoms with Gasteiger partial charge < -0.3 is 0 Å². The minimum absolute atomic E-state index is 0.102. The molecule has 1 aromatic rings. The van der Waals surface area contributed by atoms with Gasteiger partial charge in [0.1, 0.15) is 0 Å². The van der Waals surface area contributed by atoms with Crippen LogP contribution >= 0.6 is 0 Å². The van der Waals surface area contributed by atoms with Gasteiger partial charge in [0.2, 0.25) is 20.0 Å². The molecular weight excluding hydrogens is 384 g/mol. The van der Waals surface area contributed by atoms with Crippen molar-refractivity contribution in [3.63, 3.8) is 0 Å². The Morgan fingerprint density at radius 2 is 1.22 bits per heavy atom. The summed E-state index contributed by atoms with van der Waals surface area (Å²) in [5, 5.41) is 0. The summed E-state index contributed by atoms with van der Waals surface area (Å²) in [5.74, 6) is 0.470. The molecule has 6 nitrogen and oxygen atoms in total. The lowest BCUT2D eigenvalue weighted by atomic mass is 9.79. The molecule has 27 heavy (non-hydrogen) atoms. The summed E-state index contributed by atoms with van der Waals surface area (Å²) < 4.78 is 54.9. The molecule has 0 aromatic heterocycles. The van der Waals surface area contributed by atoms with Crippen molar-refractivity contribution in [2.75, 3.05) is 19.6 Å². The van der Waals surface area contributed by atoms with E-state index in [1.807, 2.05) is 0 Å². The van der Waals surface area contributed by atoms with Gasteiger partial charge in [-0.15, -0.1) is 0 Å². The Labute approximate surface area is 162 Å². The fourth-order valence-corrected chi connectivity index (χ4v) is 8.15. The standard InChI is InChI=1S/C19H28N2O4S2/c22-26(23,20-13-3-4-14-20)17-9-11-18(12-10-17)27(24,25)21-15-5-7-16-6-1-2-8-19(16)21/h9-12,16,19H,1-8,13-15H2/t16-,19+/m1/s1. The van der Waals surface area contributed by atoms with Crippen molar-refractivity contribution < 1.29 is 16.8 Å². The van der Waals surface area contributed by atoms with Crippen molar-refractivity contribution >= 4 is 20.0 Å². The van der Waals surface area contributed by atoms with Crippen molar-refractivity contribution in [1.82, 2.24) is 8.61 Å². The molecule has 0 bridgehead atoms. The summed E-state index contributed by atoms with van der Waals surface area (Å²) in [6.07, 6.45) is 8.10. The van der Waals surface area contributed by atoms with E-state index in [1.54, 1.807) is 4.31 Å². The first-order valence-corrected chi connectivity index (χ1v) is 12.9. The normalized spacial score (nSPS) is 28.1. The van der Waals surface area contributed by atoms with Crippen LogP contribution in [0, 0.1) is 5.92 Å². The maximum Gasteiger partial charge on any atom is 0.243 e. The fraction of sp³-hybridized carbons (Fsp3) is 0.684. The zero-order valence-electron chi connectivity index (χ0n) is 15.6. The van der Waals surface area contributed by atoms with E-state index in [4.69, 9.17) is 0 Å². The number of nitrogens with zero attached hydrogens (tertiary/aromatic N) is 2. The first kappa shape index (κ1) is 19.4. The van der Waals surface area contributed by atoms with Gasteiger partial charge >= 0.3 is 0 Å². The molecule has 1 aromatic carbocycles. The average Bonchev–Trinajstić information content (AvgIpc) is 3.23. The summed E-state index contributed by atoms with van der Waals surface area (Å²) in [4.78, 5) is 0.381. The molecule has 0 radical (unpaired) electrons. The average molecular weight is 413 g/mol. The molecule has 0 amide bonds. The Bertz CT molecular complexity index is 873. The van der Waals surface area contributed by atoms with E-state index < -0.39 is 20.0 Å². The smallest absolute Gasteiger partial charge is 0.207 e. The lowest BCUT2D eigenvalue weighted by molar-refractivity contribution is 0.129. The van der Waals surface area contributed by atoms with Crippen molar-refractivity contribution in [2.45, 2.75) is 67.2 Å². The lowest BCUT2D eigenvalue weighted by Gasteiger charge is -2.43. The van der Waals surface area contributed by atoms with Crippen LogP contribution in [0.15, 0.2) is 34.1 Å². The number of rotatable bonds is 4. The van der Waals surface area contributed by atoms with E-state index in [1.165, 1.54) is 35.0 Å². The molecule has 4 rings (SSSR count). The van der Waals surface area contributed by atoms with Crippen molar-refractivity contribution in [3.05, 3.63) is 24.3 Å². The number of piperidine rings is 1. The van der Waals surface area contributed by atoms with E-state index in [-0.39, 0.29) is 15.8 Å². The quantitative estimate of drug-likeness (QED) is 0.762. The van der Waals surface area contributed by atoms with Gasteiger partial charge in [0.15, 0.2) is 0 Å². The van der Waals surface area contributed by atoms with Gasteiger partial charge in [-0.1, -0.05) is 12.8 Å². The highest BCUT2D eigenvalue weighted by Crippen LogP contribution is 2.38. The number of hydrogen-bond donors (Lipinski definition) is 0. The highest BCUT2D eigenvalue weighted by molar-refractivity contribution is 7.89. The molecular formula is C19H28N2O4S2. The van der Waals surface area contributed by atoms with Crippen LogP contribution in [0.25, 0.3) is 0 Å². The molecule has 3 fully saturated rings. The second-order valence-electron chi connectivity index (χ2n) is 7.95. The van der Waals surface area contributed by atoms with Crippen LogP contribution in [0.4, 0.5) is 0 Å². The third-order valence-corrected chi connectivity index (χ3v) is 10.2. The van der Waals surface area contributed by atoms with Gasteiger partial charge in [0.05, 0.1) is 9.79 Å². The summed E-state index contributed by atoms with van der Waals surface area (Å²) >= 11 is 0. The van der Waals surface area contributed by atoms with Gasteiger partial charge in [-0.2, -0.15) is 8.61 Å². The van der Waals surface area contributed by atoms with Gasteiger partial charge in [-0.25, -0.2) is 16.8 Å². The van der Waals surface area contributed by atoms with Gasteiger partial charge in [0.25, 0.3) is 0 Å². The zero-order valence-corrected chi connectivity index (χ0v) is 17.2. The minimum Gasteiger partial charge on any atom is -0.207 e. The molecule has 3 aliphatic rings. The van der Waals surface area contributed by atoms with Gasteiger partial charge in [-0.05, 0) is 68.7 Å². The molecule has 1 aliphatic carbocycles. The summed E-state index contributed by atoms with van der Waals surface area (Å²) in [7, 11) is -7.11. The van der Waals surface area contributed by atoms with Crippen LogP contribution in [-0.4, -0.2) is 51.1 Å². The van der Waals surface area contributed by atoms with E-state index >= 15 is 0 Å². The molecule has 0 spiro atoms. The molecule has 2 aliphatic heterocycles. The molecule has 150 valence electrons. The first-order valence-electron chi connectivity index (χ1n) is 10.0. The molecule has 1 saturated carbocycles. The summed E-state index contributed by atoms with van der Waals surface area (Å²) in [6, 6.07) is 5.92. The second kappa shape index (κ2) is 7.46.